The monoisotopic (exact) mass is 172 g/mol. The fraction of sp³-hybridized carbons (Fsp3) is 1.00. The molecule has 0 spiro atoms. The van der Waals surface area contributed by atoms with Gasteiger partial charge in [-0.3, -0.25) is 0 Å². The highest BCUT2D eigenvalue weighted by atomic mass is 15.1. The Morgan fingerprint density at radius 1 is 1.33 bits per heavy atom. The highest BCUT2D eigenvalue weighted by Crippen LogP contribution is 1.93. The first-order valence-electron chi connectivity index (χ1n) is 5.12. The maximum absolute atomic E-state index is 3.49. The van der Waals surface area contributed by atoms with E-state index in [1.165, 1.54) is 19.4 Å². The first-order chi connectivity index (χ1) is 5.70. The van der Waals surface area contributed by atoms with Gasteiger partial charge in [0.25, 0.3) is 0 Å². The highest BCUT2D eigenvalue weighted by molar-refractivity contribution is 4.61. The smallest absolute Gasteiger partial charge is 0.00508 e. The van der Waals surface area contributed by atoms with E-state index in [1.807, 2.05) is 0 Å². The van der Waals surface area contributed by atoms with E-state index in [4.69, 9.17) is 0 Å². The average Bonchev–Trinajstić information content (AvgIpc) is 2.10. The molecule has 1 atom stereocenters. The zero-order chi connectivity index (χ0) is 9.40. The van der Waals surface area contributed by atoms with Crippen molar-refractivity contribution in [2.45, 2.75) is 39.7 Å². The lowest BCUT2D eigenvalue weighted by atomic mass is 10.2. The van der Waals surface area contributed by atoms with E-state index in [0.29, 0.717) is 6.04 Å². The van der Waals surface area contributed by atoms with Crippen molar-refractivity contribution >= 4 is 0 Å². The topological polar surface area (TPSA) is 15.3 Å². The summed E-state index contributed by atoms with van der Waals surface area (Å²) < 4.78 is 0. The number of hydrogen-bond acceptors (Lipinski definition) is 2. The van der Waals surface area contributed by atoms with E-state index in [1.54, 1.807) is 0 Å². The van der Waals surface area contributed by atoms with Crippen molar-refractivity contribution < 1.29 is 0 Å². The minimum atomic E-state index is 0.666. The molecular formula is C10H24N2. The van der Waals surface area contributed by atoms with Crippen molar-refractivity contribution in [3.05, 3.63) is 0 Å². The third kappa shape index (κ3) is 6.62. The summed E-state index contributed by atoms with van der Waals surface area (Å²) in [6, 6.07) is 0.666. The molecule has 0 aromatic heterocycles. The Bertz CT molecular complexity index is 93.8. The molecule has 12 heavy (non-hydrogen) atoms. The van der Waals surface area contributed by atoms with Crippen LogP contribution in [0.3, 0.4) is 0 Å². The molecule has 0 fully saturated rings. The Morgan fingerprint density at radius 2 is 2.00 bits per heavy atom. The van der Waals surface area contributed by atoms with Crippen LogP contribution in [0.15, 0.2) is 0 Å². The van der Waals surface area contributed by atoms with Crippen LogP contribution in [-0.2, 0) is 0 Å². The molecule has 1 N–H and O–H groups in total. The van der Waals surface area contributed by atoms with E-state index in [-0.39, 0.29) is 0 Å². The van der Waals surface area contributed by atoms with Crippen LogP contribution in [0.25, 0.3) is 0 Å². The van der Waals surface area contributed by atoms with Gasteiger partial charge < -0.3 is 10.2 Å². The molecule has 0 aliphatic carbocycles. The molecule has 0 aromatic carbocycles. The molecule has 2 nitrogen and oxygen atoms in total. The van der Waals surface area contributed by atoms with Gasteiger partial charge in [-0.2, -0.15) is 0 Å². The van der Waals surface area contributed by atoms with Crippen molar-refractivity contribution in [2.75, 3.05) is 26.7 Å². The zero-order valence-electron chi connectivity index (χ0n) is 9.06. The van der Waals surface area contributed by atoms with Crippen LogP contribution in [-0.4, -0.2) is 37.6 Å². The lowest BCUT2D eigenvalue weighted by Gasteiger charge is -2.18. The first kappa shape index (κ1) is 11.9. The molecule has 0 radical (unpaired) electrons. The minimum absolute atomic E-state index is 0.666. The van der Waals surface area contributed by atoms with Crippen molar-refractivity contribution in [1.29, 1.82) is 0 Å². The normalized spacial score (nSPS) is 13.8. The number of hydrogen-bond donors (Lipinski definition) is 1. The summed E-state index contributed by atoms with van der Waals surface area (Å²) in [7, 11) is 2.17. The van der Waals surface area contributed by atoms with Crippen molar-refractivity contribution in [1.82, 2.24) is 10.2 Å². The lowest BCUT2D eigenvalue weighted by Crippen LogP contribution is -2.31. The largest absolute Gasteiger partial charge is 0.314 e. The summed E-state index contributed by atoms with van der Waals surface area (Å²) in [5.41, 5.74) is 0. The number of nitrogens with one attached hydrogen (secondary N) is 1. The molecule has 0 rings (SSSR count). The van der Waals surface area contributed by atoms with Crippen LogP contribution in [0.2, 0.25) is 0 Å². The van der Waals surface area contributed by atoms with E-state index < -0.39 is 0 Å². The summed E-state index contributed by atoms with van der Waals surface area (Å²) in [5, 5.41) is 3.49. The van der Waals surface area contributed by atoms with Gasteiger partial charge in [-0.1, -0.05) is 13.8 Å². The van der Waals surface area contributed by atoms with Crippen molar-refractivity contribution in [3.63, 3.8) is 0 Å². The van der Waals surface area contributed by atoms with Gasteiger partial charge in [-0.15, -0.1) is 0 Å². The average molecular weight is 172 g/mol. The highest BCUT2D eigenvalue weighted by Gasteiger charge is 2.01. The molecule has 74 valence electrons. The van der Waals surface area contributed by atoms with Crippen LogP contribution in [0.1, 0.15) is 33.6 Å². The van der Waals surface area contributed by atoms with E-state index in [9.17, 15) is 0 Å². The summed E-state index contributed by atoms with van der Waals surface area (Å²) >= 11 is 0. The van der Waals surface area contributed by atoms with Crippen LogP contribution in [0, 0.1) is 0 Å². The first-order valence-corrected chi connectivity index (χ1v) is 5.12. The Balaban J connectivity index is 3.24. The van der Waals surface area contributed by atoms with E-state index in [0.717, 1.165) is 13.1 Å². The van der Waals surface area contributed by atoms with Gasteiger partial charge in [0.05, 0.1) is 0 Å². The predicted molar refractivity (Wildman–Crippen MR) is 55.5 cm³/mol. The SMILES string of the molecule is CCCNC(C)CCN(C)CC. The third-order valence-corrected chi connectivity index (χ3v) is 2.23. The molecule has 0 bridgehead atoms. The summed E-state index contributed by atoms with van der Waals surface area (Å²) in [6.07, 6.45) is 2.48. The maximum Gasteiger partial charge on any atom is 0.00508 e. The van der Waals surface area contributed by atoms with Crippen LogP contribution >= 0.6 is 0 Å². The van der Waals surface area contributed by atoms with Crippen molar-refractivity contribution in [2.24, 2.45) is 0 Å². The van der Waals surface area contributed by atoms with Gasteiger partial charge in [0.1, 0.15) is 0 Å². The van der Waals surface area contributed by atoms with E-state index in [2.05, 4.69) is 38.0 Å². The Labute approximate surface area is 77.3 Å². The maximum atomic E-state index is 3.49. The lowest BCUT2D eigenvalue weighted by molar-refractivity contribution is 0.325. The second-order valence-electron chi connectivity index (χ2n) is 3.54. The quantitative estimate of drug-likeness (QED) is 0.629. The van der Waals surface area contributed by atoms with Gasteiger partial charge in [-0.25, -0.2) is 0 Å². The minimum Gasteiger partial charge on any atom is -0.314 e. The molecule has 0 heterocycles. The Morgan fingerprint density at radius 3 is 2.50 bits per heavy atom. The molecule has 0 saturated carbocycles. The fourth-order valence-electron chi connectivity index (χ4n) is 1.06. The van der Waals surface area contributed by atoms with Crippen molar-refractivity contribution in [3.8, 4) is 0 Å². The van der Waals surface area contributed by atoms with E-state index >= 15 is 0 Å². The molecule has 0 aliphatic rings. The Hall–Kier alpha value is -0.0800. The molecule has 1 unspecified atom stereocenters. The molecule has 0 aromatic rings. The molecule has 2 heteroatoms. The molecule has 0 saturated heterocycles. The van der Waals surface area contributed by atoms with Crippen LogP contribution in [0.5, 0.6) is 0 Å². The van der Waals surface area contributed by atoms with Gasteiger partial charge in [0.15, 0.2) is 0 Å². The van der Waals surface area contributed by atoms with Crippen LogP contribution < -0.4 is 5.32 Å². The second-order valence-corrected chi connectivity index (χ2v) is 3.54. The van der Waals surface area contributed by atoms with Gasteiger partial charge in [-0.05, 0) is 46.4 Å². The summed E-state index contributed by atoms with van der Waals surface area (Å²) in [5.74, 6) is 0. The zero-order valence-corrected chi connectivity index (χ0v) is 9.06. The Kier molecular flexibility index (Phi) is 7.51. The van der Waals surface area contributed by atoms with Gasteiger partial charge >= 0.3 is 0 Å². The predicted octanol–water partition coefficient (Wildman–Crippen LogP) is 1.72. The third-order valence-electron chi connectivity index (χ3n) is 2.23. The number of nitrogens with zero attached hydrogens (tertiary/aromatic N) is 1. The standard InChI is InChI=1S/C10H24N2/c1-5-8-11-10(3)7-9-12(4)6-2/h10-11H,5-9H2,1-4H3. The fourth-order valence-corrected chi connectivity index (χ4v) is 1.06. The van der Waals surface area contributed by atoms with Gasteiger partial charge in [0.2, 0.25) is 0 Å². The molecule has 0 aliphatic heterocycles. The molecular weight excluding hydrogens is 148 g/mol. The second kappa shape index (κ2) is 7.56. The number of rotatable bonds is 7. The van der Waals surface area contributed by atoms with Gasteiger partial charge in [0, 0.05) is 6.04 Å². The van der Waals surface area contributed by atoms with Crippen LogP contribution in [0.4, 0.5) is 0 Å². The summed E-state index contributed by atoms with van der Waals surface area (Å²) in [4.78, 5) is 2.35. The summed E-state index contributed by atoms with van der Waals surface area (Å²) in [6.45, 7) is 10.2. The molecule has 0 amide bonds.